The van der Waals surface area contributed by atoms with Crippen LogP contribution in [-0.2, 0) is 15.2 Å². The third-order valence-electron chi connectivity index (χ3n) is 4.41. The van der Waals surface area contributed by atoms with Crippen molar-refractivity contribution in [2.75, 3.05) is 26.1 Å². The van der Waals surface area contributed by atoms with Crippen molar-refractivity contribution < 1.29 is 28.6 Å². The second-order valence-corrected chi connectivity index (χ2v) is 6.63. The van der Waals surface area contributed by atoms with Crippen molar-refractivity contribution in [3.63, 3.8) is 0 Å². The Bertz CT molecular complexity index is 1010. The lowest BCUT2D eigenvalue weighted by atomic mass is 10.0. The number of anilines is 1. The summed E-state index contributed by atoms with van der Waals surface area (Å²) in [7, 11) is 2.93. The van der Waals surface area contributed by atoms with Crippen LogP contribution in [0.5, 0.6) is 11.5 Å². The molecule has 3 rings (SSSR count). The monoisotopic (exact) mass is 398 g/mol. The highest BCUT2D eigenvalue weighted by Gasteiger charge is 2.29. The lowest BCUT2D eigenvalue weighted by molar-refractivity contribution is -0.136. The van der Waals surface area contributed by atoms with E-state index in [-0.39, 0.29) is 18.0 Å². The quantitative estimate of drug-likeness (QED) is 0.550. The summed E-state index contributed by atoms with van der Waals surface area (Å²) in [5.41, 5.74) is -0.587. The molecule has 2 aromatic carbocycles. The fourth-order valence-corrected chi connectivity index (χ4v) is 2.76. The highest BCUT2D eigenvalue weighted by Crippen LogP contribution is 2.29. The van der Waals surface area contributed by atoms with E-state index in [0.717, 1.165) is 5.39 Å². The molecule has 0 spiro atoms. The molecule has 8 nitrogen and oxygen atoms in total. The van der Waals surface area contributed by atoms with Crippen molar-refractivity contribution in [1.29, 1.82) is 0 Å². The van der Waals surface area contributed by atoms with Crippen LogP contribution in [0.2, 0.25) is 0 Å². The van der Waals surface area contributed by atoms with Gasteiger partial charge in [0, 0.05) is 11.5 Å². The smallest absolute Gasteiger partial charge is 0.313 e. The average Bonchev–Trinajstić information content (AvgIpc) is 3.17. The van der Waals surface area contributed by atoms with E-state index in [1.165, 1.54) is 27.2 Å². The second-order valence-electron chi connectivity index (χ2n) is 6.63. The van der Waals surface area contributed by atoms with Crippen LogP contribution in [0.25, 0.3) is 11.0 Å². The molecule has 8 heteroatoms. The van der Waals surface area contributed by atoms with Crippen LogP contribution in [0.1, 0.15) is 12.7 Å². The van der Waals surface area contributed by atoms with Crippen molar-refractivity contribution >= 4 is 28.5 Å². The minimum atomic E-state index is -1.50. The molecular formula is C21H22N2O6. The van der Waals surface area contributed by atoms with E-state index in [2.05, 4.69) is 10.6 Å². The first-order chi connectivity index (χ1) is 13.8. The molecule has 0 aliphatic heterocycles. The van der Waals surface area contributed by atoms with Crippen LogP contribution >= 0.6 is 0 Å². The highest BCUT2D eigenvalue weighted by atomic mass is 16.5. The van der Waals surface area contributed by atoms with Gasteiger partial charge in [-0.1, -0.05) is 18.2 Å². The van der Waals surface area contributed by atoms with E-state index >= 15 is 0 Å². The maximum atomic E-state index is 12.2. The first-order valence-electron chi connectivity index (χ1n) is 8.86. The zero-order valence-corrected chi connectivity index (χ0v) is 16.3. The van der Waals surface area contributed by atoms with Crippen molar-refractivity contribution in [3.05, 3.63) is 54.3 Å². The van der Waals surface area contributed by atoms with Gasteiger partial charge in [-0.05, 0) is 31.2 Å². The van der Waals surface area contributed by atoms with E-state index in [1.54, 1.807) is 24.3 Å². The molecule has 152 valence electrons. The summed E-state index contributed by atoms with van der Waals surface area (Å²) in [6.07, 6.45) is 0. The molecule has 0 saturated carbocycles. The minimum absolute atomic E-state index is 0.214. The molecule has 1 unspecified atom stereocenters. The summed E-state index contributed by atoms with van der Waals surface area (Å²) in [5.74, 6) is -0.660. The van der Waals surface area contributed by atoms with E-state index in [0.29, 0.717) is 17.1 Å². The molecule has 3 N–H and O–H groups in total. The Morgan fingerprint density at radius 3 is 2.52 bits per heavy atom. The van der Waals surface area contributed by atoms with Crippen LogP contribution in [0.15, 0.2) is 52.9 Å². The molecule has 29 heavy (non-hydrogen) atoms. The fraction of sp³-hybridized carbons (Fsp3) is 0.238. The average molecular weight is 398 g/mol. The number of rotatable bonds is 6. The van der Waals surface area contributed by atoms with Gasteiger partial charge in [-0.3, -0.25) is 9.59 Å². The standard InChI is InChI=1S/C21H22N2O6/c1-21(26,18-10-13-6-4-5-7-16(13)29-18)12-22-19(24)20(25)23-15-11-14(27-2)8-9-17(15)28-3/h4-11,26H,12H2,1-3H3,(H,22,24)(H,23,25). The molecule has 0 saturated heterocycles. The molecule has 3 aromatic rings. The third kappa shape index (κ3) is 4.49. The predicted octanol–water partition coefficient (Wildman–Crippen LogP) is 2.41. The van der Waals surface area contributed by atoms with Gasteiger partial charge in [0.15, 0.2) is 0 Å². The van der Waals surface area contributed by atoms with Crippen LogP contribution in [-0.4, -0.2) is 37.7 Å². The van der Waals surface area contributed by atoms with E-state index in [9.17, 15) is 14.7 Å². The van der Waals surface area contributed by atoms with Gasteiger partial charge in [0.05, 0.1) is 26.5 Å². The summed E-state index contributed by atoms with van der Waals surface area (Å²) in [5, 5.41) is 16.4. The Balaban J connectivity index is 1.66. The number of fused-ring (bicyclic) bond motifs is 1. The molecular weight excluding hydrogens is 376 g/mol. The number of nitrogens with one attached hydrogen (secondary N) is 2. The van der Waals surface area contributed by atoms with Crippen molar-refractivity contribution in [3.8, 4) is 11.5 Å². The number of aliphatic hydroxyl groups is 1. The Morgan fingerprint density at radius 2 is 1.83 bits per heavy atom. The largest absolute Gasteiger partial charge is 0.497 e. The lowest BCUT2D eigenvalue weighted by Gasteiger charge is -2.21. The molecule has 0 radical (unpaired) electrons. The number of carbonyl (C=O) groups is 2. The van der Waals surface area contributed by atoms with Gasteiger partial charge in [0.2, 0.25) is 0 Å². The first-order valence-corrected chi connectivity index (χ1v) is 8.86. The normalized spacial score (nSPS) is 12.8. The van der Waals surface area contributed by atoms with Crippen molar-refractivity contribution in [1.82, 2.24) is 5.32 Å². The predicted molar refractivity (Wildman–Crippen MR) is 107 cm³/mol. The SMILES string of the molecule is COc1ccc(OC)c(NC(=O)C(=O)NCC(C)(O)c2cc3ccccc3o2)c1. The summed E-state index contributed by atoms with van der Waals surface area (Å²) in [4.78, 5) is 24.5. The van der Waals surface area contributed by atoms with Gasteiger partial charge in [-0.25, -0.2) is 0 Å². The van der Waals surface area contributed by atoms with Gasteiger partial charge < -0.3 is 29.6 Å². The summed E-state index contributed by atoms with van der Waals surface area (Å²) in [6.45, 7) is 1.28. The zero-order valence-electron chi connectivity index (χ0n) is 16.3. The minimum Gasteiger partial charge on any atom is -0.497 e. The Hall–Kier alpha value is -3.52. The van der Waals surface area contributed by atoms with Crippen LogP contribution in [0.3, 0.4) is 0 Å². The summed E-state index contributed by atoms with van der Waals surface area (Å²) >= 11 is 0. The molecule has 1 aromatic heterocycles. The molecule has 0 bridgehead atoms. The summed E-state index contributed by atoms with van der Waals surface area (Å²) < 4.78 is 15.9. The number of ether oxygens (including phenoxy) is 2. The molecule has 1 atom stereocenters. The molecule has 0 fully saturated rings. The number of hydrogen-bond acceptors (Lipinski definition) is 6. The van der Waals surface area contributed by atoms with Gasteiger partial charge in [0.1, 0.15) is 28.4 Å². The Kier molecular flexibility index (Phi) is 5.74. The third-order valence-corrected chi connectivity index (χ3v) is 4.41. The molecule has 1 heterocycles. The van der Waals surface area contributed by atoms with E-state index in [4.69, 9.17) is 13.9 Å². The van der Waals surface area contributed by atoms with Crippen LogP contribution < -0.4 is 20.1 Å². The number of methoxy groups -OCH3 is 2. The lowest BCUT2D eigenvalue weighted by Crippen LogP contribution is -2.43. The van der Waals surface area contributed by atoms with E-state index in [1.807, 2.05) is 18.2 Å². The number of hydrogen-bond donors (Lipinski definition) is 3. The van der Waals surface area contributed by atoms with Gasteiger partial charge in [-0.2, -0.15) is 0 Å². The highest BCUT2D eigenvalue weighted by molar-refractivity contribution is 6.39. The van der Waals surface area contributed by atoms with Gasteiger partial charge >= 0.3 is 11.8 Å². The maximum absolute atomic E-state index is 12.2. The van der Waals surface area contributed by atoms with Crippen LogP contribution in [0.4, 0.5) is 5.69 Å². The Morgan fingerprint density at radius 1 is 1.07 bits per heavy atom. The van der Waals surface area contributed by atoms with Crippen molar-refractivity contribution in [2.45, 2.75) is 12.5 Å². The number of para-hydroxylation sites is 1. The number of carbonyl (C=O) groups excluding carboxylic acids is 2. The molecule has 0 aliphatic carbocycles. The fourth-order valence-electron chi connectivity index (χ4n) is 2.76. The number of amides is 2. The van der Waals surface area contributed by atoms with Crippen LogP contribution in [0, 0.1) is 0 Å². The van der Waals surface area contributed by atoms with Gasteiger partial charge in [-0.15, -0.1) is 0 Å². The topological polar surface area (TPSA) is 110 Å². The summed E-state index contributed by atoms with van der Waals surface area (Å²) in [6, 6.07) is 13.8. The zero-order chi connectivity index (χ0) is 21.0. The van der Waals surface area contributed by atoms with Gasteiger partial charge in [0.25, 0.3) is 0 Å². The molecule has 2 amide bonds. The number of furan rings is 1. The number of benzene rings is 2. The molecule has 0 aliphatic rings. The van der Waals surface area contributed by atoms with Crippen molar-refractivity contribution in [2.24, 2.45) is 0 Å². The Labute approximate surface area is 167 Å². The van der Waals surface area contributed by atoms with E-state index < -0.39 is 17.4 Å². The second kappa shape index (κ2) is 8.24. The first kappa shape index (κ1) is 20.2. The maximum Gasteiger partial charge on any atom is 0.313 e.